The van der Waals surface area contributed by atoms with Crippen LogP contribution in [0.1, 0.15) is 30.5 Å². The molecule has 0 aliphatic heterocycles. The van der Waals surface area contributed by atoms with Crippen LogP contribution in [0.4, 0.5) is 0 Å². The smallest absolute Gasteiger partial charge is 0.130 e. The molecule has 0 spiro atoms. The van der Waals surface area contributed by atoms with Gasteiger partial charge in [0.1, 0.15) is 11.5 Å². The highest BCUT2D eigenvalue weighted by Gasteiger charge is 2.07. The standard InChI is InChI=1S/C20H21NO2/c1-4-22-19-11-10-17(20(13-19)23-5-2)12-18(14-21)16-8-6-15(3)7-9-16/h6-13H,4-5H2,1-3H3/b18-12+. The lowest BCUT2D eigenvalue weighted by molar-refractivity contribution is 0.322. The van der Waals surface area contributed by atoms with E-state index < -0.39 is 0 Å². The average Bonchev–Trinajstić information content (AvgIpc) is 2.56. The molecule has 118 valence electrons. The van der Waals surface area contributed by atoms with Crippen molar-refractivity contribution in [1.82, 2.24) is 0 Å². The molecule has 3 heteroatoms. The lowest BCUT2D eigenvalue weighted by Crippen LogP contribution is -1.97. The third-order valence-electron chi connectivity index (χ3n) is 3.38. The van der Waals surface area contributed by atoms with Gasteiger partial charge in [-0.25, -0.2) is 0 Å². The van der Waals surface area contributed by atoms with Crippen LogP contribution in [-0.2, 0) is 0 Å². The van der Waals surface area contributed by atoms with E-state index in [1.54, 1.807) is 0 Å². The van der Waals surface area contributed by atoms with Crippen molar-refractivity contribution < 1.29 is 9.47 Å². The number of allylic oxidation sites excluding steroid dienone is 1. The van der Waals surface area contributed by atoms with Gasteiger partial charge in [-0.15, -0.1) is 0 Å². The summed E-state index contributed by atoms with van der Waals surface area (Å²) in [7, 11) is 0. The topological polar surface area (TPSA) is 42.2 Å². The molecule has 2 aromatic carbocycles. The highest BCUT2D eigenvalue weighted by molar-refractivity contribution is 5.90. The van der Waals surface area contributed by atoms with Crippen LogP contribution in [0, 0.1) is 18.3 Å². The summed E-state index contributed by atoms with van der Waals surface area (Å²) in [6.07, 6.45) is 1.85. The summed E-state index contributed by atoms with van der Waals surface area (Å²) >= 11 is 0. The van der Waals surface area contributed by atoms with Gasteiger partial charge in [0, 0.05) is 11.6 Å². The largest absolute Gasteiger partial charge is 0.494 e. The van der Waals surface area contributed by atoms with Crippen molar-refractivity contribution in [2.45, 2.75) is 20.8 Å². The van der Waals surface area contributed by atoms with Gasteiger partial charge < -0.3 is 9.47 Å². The molecule has 0 amide bonds. The van der Waals surface area contributed by atoms with Crippen molar-refractivity contribution in [3.63, 3.8) is 0 Å². The molecule has 0 saturated carbocycles. The molecular weight excluding hydrogens is 286 g/mol. The van der Waals surface area contributed by atoms with Gasteiger partial charge >= 0.3 is 0 Å². The maximum atomic E-state index is 9.49. The summed E-state index contributed by atoms with van der Waals surface area (Å²) in [6, 6.07) is 15.9. The molecule has 0 aromatic heterocycles. The van der Waals surface area contributed by atoms with Crippen molar-refractivity contribution >= 4 is 11.6 Å². The van der Waals surface area contributed by atoms with Crippen LogP contribution in [0.2, 0.25) is 0 Å². The molecule has 0 unspecified atom stereocenters. The van der Waals surface area contributed by atoms with E-state index in [1.807, 2.05) is 69.3 Å². The summed E-state index contributed by atoms with van der Waals surface area (Å²) in [5.74, 6) is 1.49. The Morgan fingerprint density at radius 2 is 1.74 bits per heavy atom. The third-order valence-corrected chi connectivity index (χ3v) is 3.38. The van der Waals surface area contributed by atoms with Crippen molar-refractivity contribution in [1.29, 1.82) is 5.26 Å². The Labute approximate surface area is 137 Å². The van der Waals surface area contributed by atoms with Crippen molar-refractivity contribution in [3.05, 3.63) is 59.2 Å². The Bertz CT molecular complexity index is 724. The van der Waals surface area contributed by atoms with Gasteiger partial charge in [0.25, 0.3) is 0 Å². The molecule has 2 rings (SSSR count). The van der Waals surface area contributed by atoms with Crippen LogP contribution in [0.15, 0.2) is 42.5 Å². The zero-order valence-corrected chi connectivity index (χ0v) is 13.8. The predicted molar refractivity (Wildman–Crippen MR) is 93.4 cm³/mol. The van der Waals surface area contributed by atoms with Crippen LogP contribution < -0.4 is 9.47 Å². The Kier molecular flexibility index (Phi) is 5.82. The van der Waals surface area contributed by atoms with Crippen LogP contribution in [0.5, 0.6) is 11.5 Å². The Balaban J connectivity index is 2.42. The second kappa shape index (κ2) is 8.05. The molecular formula is C20H21NO2. The van der Waals surface area contributed by atoms with Gasteiger partial charge in [-0.3, -0.25) is 0 Å². The second-order valence-electron chi connectivity index (χ2n) is 5.10. The van der Waals surface area contributed by atoms with Crippen LogP contribution in [-0.4, -0.2) is 13.2 Å². The van der Waals surface area contributed by atoms with Gasteiger partial charge in [0.2, 0.25) is 0 Å². The second-order valence-corrected chi connectivity index (χ2v) is 5.10. The number of benzene rings is 2. The van der Waals surface area contributed by atoms with E-state index in [1.165, 1.54) is 5.56 Å². The first-order valence-corrected chi connectivity index (χ1v) is 7.76. The Morgan fingerprint density at radius 1 is 1.04 bits per heavy atom. The van der Waals surface area contributed by atoms with Crippen LogP contribution >= 0.6 is 0 Å². The lowest BCUT2D eigenvalue weighted by Gasteiger charge is -2.11. The fourth-order valence-corrected chi connectivity index (χ4v) is 2.24. The predicted octanol–water partition coefficient (Wildman–Crippen LogP) is 4.86. The van der Waals surface area contributed by atoms with E-state index in [2.05, 4.69) is 6.07 Å². The summed E-state index contributed by atoms with van der Waals surface area (Å²) in [5, 5.41) is 9.49. The van der Waals surface area contributed by atoms with Crippen molar-refractivity contribution in [3.8, 4) is 17.6 Å². The van der Waals surface area contributed by atoms with Gasteiger partial charge in [-0.2, -0.15) is 5.26 Å². The molecule has 0 aliphatic carbocycles. The Hall–Kier alpha value is -2.73. The highest BCUT2D eigenvalue weighted by Crippen LogP contribution is 2.29. The van der Waals surface area contributed by atoms with E-state index in [0.29, 0.717) is 18.8 Å². The molecule has 3 nitrogen and oxygen atoms in total. The first kappa shape index (κ1) is 16.6. The fraction of sp³-hybridized carbons (Fsp3) is 0.250. The van der Waals surface area contributed by atoms with E-state index in [-0.39, 0.29) is 0 Å². The third kappa shape index (κ3) is 4.37. The van der Waals surface area contributed by atoms with E-state index in [0.717, 1.165) is 22.6 Å². The maximum Gasteiger partial charge on any atom is 0.130 e. The van der Waals surface area contributed by atoms with Crippen molar-refractivity contribution in [2.24, 2.45) is 0 Å². The van der Waals surface area contributed by atoms with Crippen LogP contribution in [0.3, 0.4) is 0 Å². The molecule has 2 aromatic rings. The molecule has 0 bridgehead atoms. The fourth-order valence-electron chi connectivity index (χ4n) is 2.24. The highest BCUT2D eigenvalue weighted by atomic mass is 16.5. The van der Waals surface area contributed by atoms with Gasteiger partial charge in [-0.1, -0.05) is 29.8 Å². The van der Waals surface area contributed by atoms with E-state index in [4.69, 9.17) is 9.47 Å². The molecule has 0 radical (unpaired) electrons. The molecule has 0 heterocycles. The quantitative estimate of drug-likeness (QED) is 0.565. The minimum absolute atomic E-state index is 0.558. The number of aryl methyl sites for hydroxylation is 1. The van der Waals surface area contributed by atoms with E-state index in [9.17, 15) is 5.26 Å². The number of hydrogen-bond donors (Lipinski definition) is 0. The van der Waals surface area contributed by atoms with E-state index >= 15 is 0 Å². The average molecular weight is 307 g/mol. The molecule has 0 fully saturated rings. The first-order chi connectivity index (χ1) is 11.2. The molecule has 0 N–H and O–H groups in total. The number of rotatable bonds is 6. The van der Waals surface area contributed by atoms with Gasteiger partial charge in [0.15, 0.2) is 0 Å². The van der Waals surface area contributed by atoms with Gasteiger partial charge in [-0.05, 0) is 44.5 Å². The molecule has 0 saturated heterocycles. The zero-order valence-electron chi connectivity index (χ0n) is 13.8. The summed E-state index contributed by atoms with van der Waals surface area (Å²) in [5.41, 5.74) is 3.54. The normalized spacial score (nSPS) is 11.0. The molecule has 23 heavy (non-hydrogen) atoms. The number of ether oxygens (including phenoxy) is 2. The monoisotopic (exact) mass is 307 g/mol. The zero-order chi connectivity index (χ0) is 16.7. The van der Waals surface area contributed by atoms with Crippen molar-refractivity contribution in [2.75, 3.05) is 13.2 Å². The minimum atomic E-state index is 0.558. The number of nitrogens with zero attached hydrogens (tertiary/aromatic N) is 1. The molecule has 0 aliphatic rings. The first-order valence-electron chi connectivity index (χ1n) is 7.76. The van der Waals surface area contributed by atoms with Crippen LogP contribution in [0.25, 0.3) is 11.6 Å². The molecule has 0 atom stereocenters. The summed E-state index contributed by atoms with van der Waals surface area (Å²) in [4.78, 5) is 0. The number of nitriles is 1. The SMILES string of the molecule is CCOc1ccc(/C=C(\C#N)c2ccc(C)cc2)c(OCC)c1. The minimum Gasteiger partial charge on any atom is -0.494 e. The lowest BCUT2D eigenvalue weighted by atomic mass is 10.0. The summed E-state index contributed by atoms with van der Waals surface area (Å²) in [6.45, 7) is 7.07. The Morgan fingerprint density at radius 3 is 2.35 bits per heavy atom. The summed E-state index contributed by atoms with van der Waals surface area (Å²) < 4.78 is 11.2. The maximum absolute atomic E-state index is 9.49. The van der Waals surface area contributed by atoms with Gasteiger partial charge in [0.05, 0.1) is 24.9 Å². The number of hydrogen-bond acceptors (Lipinski definition) is 3.